The summed E-state index contributed by atoms with van der Waals surface area (Å²) in [6.45, 7) is 6.80. The maximum atomic E-state index is 4.68. The van der Waals surface area contributed by atoms with Crippen LogP contribution in [0.3, 0.4) is 0 Å². The highest BCUT2D eigenvalue weighted by atomic mass is 79.9. The van der Waals surface area contributed by atoms with Crippen LogP contribution < -0.4 is 0 Å². The van der Waals surface area contributed by atoms with Gasteiger partial charge in [-0.15, -0.1) is 0 Å². The molecule has 0 amide bonds. The maximum absolute atomic E-state index is 4.68. The number of fused-ring (bicyclic) bond motifs is 5. The van der Waals surface area contributed by atoms with Crippen LogP contribution in [0.25, 0.3) is 17.1 Å². The van der Waals surface area contributed by atoms with E-state index in [0.29, 0.717) is 11.8 Å². The van der Waals surface area contributed by atoms with E-state index in [1.807, 2.05) is 6.20 Å². The van der Waals surface area contributed by atoms with Crippen LogP contribution in [0.15, 0.2) is 53.3 Å². The van der Waals surface area contributed by atoms with E-state index in [2.05, 4.69) is 88.8 Å². The van der Waals surface area contributed by atoms with Gasteiger partial charge in [-0.2, -0.15) is 0 Å². The van der Waals surface area contributed by atoms with Gasteiger partial charge in [0.1, 0.15) is 5.82 Å². The Labute approximate surface area is 145 Å². The smallest absolute Gasteiger partial charge is 0.144 e. The van der Waals surface area contributed by atoms with Gasteiger partial charge < -0.3 is 0 Å². The number of nitrogens with zero attached hydrogens (tertiary/aromatic N) is 2. The average Bonchev–Trinajstić information content (AvgIpc) is 2.99. The van der Waals surface area contributed by atoms with Gasteiger partial charge >= 0.3 is 0 Å². The summed E-state index contributed by atoms with van der Waals surface area (Å²) in [6.07, 6.45) is 3.99. The molecule has 0 radical (unpaired) electrons. The first-order valence-corrected chi connectivity index (χ1v) is 8.83. The van der Waals surface area contributed by atoms with Gasteiger partial charge in [-0.05, 0) is 34.7 Å². The maximum Gasteiger partial charge on any atom is 0.144 e. The molecule has 0 saturated heterocycles. The van der Waals surface area contributed by atoms with Crippen molar-refractivity contribution < 1.29 is 0 Å². The number of hydrogen-bond acceptors (Lipinski definition) is 1. The molecule has 3 heteroatoms. The molecular formula is C20H19BrN2. The van der Waals surface area contributed by atoms with Crippen LogP contribution in [0.1, 0.15) is 49.3 Å². The van der Waals surface area contributed by atoms with Crippen molar-refractivity contribution in [1.29, 1.82) is 0 Å². The Balaban J connectivity index is 2.13. The molecule has 1 aliphatic heterocycles. The minimum atomic E-state index is 0.341. The molecule has 0 saturated carbocycles. The monoisotopic (exact) mass is 366 g/mol. The van der Waals surface area contributed by atoms with E-state index < -0.39 is 0 Å². The summed E-state index contributed by atoms with van der Waals surface area (Å²) in [4.78, 5) is 4.68. The van der Waals surface area contributed by atoms with Crippen molar-refractivity contribution in [3.8, 4) is 17.1 Å². The normalized spacial score (nSPS) is 15.8. The molecule has 4 rings (SSSR count). The summed E-state index contributed by atoms with van der Waals surface area (Å²) in [5.74, 6) is 1.84. The zero-order chi connectivity index (χ0) is 16.1. The second-order valence-corrected chi connectivity index (χ2v) is 7.43. The number of benzene rings is 2. The number of halogens is 1. The summed E-state index contributed by atoms with van der Waals surface area (Å²) >= 11 is 3.61. The van der Waals surface area contributed by atoms with Gasteiger partial charge in [0.25, 0.3) is 0 Å². The molecular weight excluding hydrogens is 348 g/mol. The zero-order valence-electron chi connectivity index (χ0n) is 13.5. The van der Waals surface area contributed by atoms with E-state index >= 15 is 0 Å². The predicted molar refractivity (Wildman–Crippen MR) is 98.3 cm³/mol. The number of para-hydroxylation sites is 1. The minimum Gasteiger partial charge on any atom is -0.299 e. The minimum absolute atomic E-state index is 0.341. The second kappa shape index (κ2) is 5.34. The molecule has 116 valence electrons. The third-order valence-electron chi connectivity index (χ3n) is 4.79. The van der Waals surface area contributed by atoms with Crippen molar-refractivity contribution in [3.63, 3.8) is 0 Å². The highest BCUT2D eigenvalue weighted by molar-refractivity contribution is 9.10. The molecule has 1 aliphatic rings. The summed E-state index contributed by atoms with van der Waals surface area (Å²) < 4.78 is 3.35. The van der Waals surface area contributed by atoms with Gasteiger partial charge in [0.2, 0.25) is 0 Å². The molecule has 1 atom stereocenters. The van der Waals surface area contributed by atoms with Crippen molar-refractivity contribution in [3.05, 3.63) is 70.0 Å². The Morgan fingerprint density at radius 3 is 2.74 bits per heavy atom. The van der Waals surface area contributed by atoms with Crippen LogP contribution in [0, 0.1) is 0 Å². The topological polar surface area (TPSA) is 17.8 Å². The van der Waals surface area contributed by atoms with Crippen molar-refractivity contribution in [2.45, 2.75) is 32.6 Å². The van der Waals surface area contributed by atoms with E-state index in [1.54, 1.807) is 0 Å². The Bertz CT molecular complexity index is 892. The van der Waals surface area contributed by atoms with Crippen LogP contribution in [-0.2, 0) is 0 Å². The number of hydrogen-bond donors (Lipinski definition) is 0. The Kier molecular flexibility index (Phi) is 3.42. The third-order valence-corrected chi connectivity index (χ3v) is 5.28. The first-order chi connectivity index (χ1) is 11.1. The average molecular weight is 367 g/mol. The third kappa shape index (κ3) is 2.18. The molecule has 0 bridgehead atoms. The van der Waals surface area contributed by atoms with Gasteiger partial charge in [-0.3, -0.25) is 4.57 Å². The lowest BCUT2D eigenvalue weighted by molar-refractivity contribution is 0.831. The van der Waals surface area contributed by atoms with E-state index in [9.17, 15) is 0 Å². The first-order valence-electron chi connectivity index (χ1n) is 8.04. The summed E-state index contributed by atoms with van der Waals surface area (Å²) in [6, 6.07) is 13.2. The first kappa shape index (κ1) is 14.7. The van der Waals surface area contributed by atoms with Crippen LogP contribution in [0.4, 0.5) is 0 Å². The number of rotatable bonds is 1. The summed E-state index contributed by atoms with van der Waals surface area (Å²) in [5.41, 5.74) is 6.59. The summed E-state index contributed by atoms with van der Waals surface area (Å²) in [5, 5.41) is 0. The van der Waals surface area contributed by atoms with Crippen LogP contribution in [0.2, 0.25) is 0 Å². The highest BCUT2D eigenvalue weighted by Gasteiger charge is 2.27. The fourth-order valence-corrected chi connectivity index (χ4v) is 3.98. The zero-order valence-corrected chi connectivity index (χ0v) is 15.1. The number of imidazole rings is 1. The fraction of sp³-hybridized carbons (Fsp3) is 0.250. The molecule has 0 aliphatic carbocycles. The molecule has 2 nitrogen and oxygen atoms in total. The molecule has 0 N–H and O–H groups in total. The molecule has 2 aromatic carbocycles. The predicted octanol–water partition coefficient (Wildman–Crippen LogP) is 5.89. The SMILES string of the molecule is CC(C)c1cccc2c1-n1ccnc1-c1cc(Br)ccc1C2C. The van der Waals surface area contributed by atoms with Gasteiger partial charge in [-0.25, -0.2) is 4.98 Å². The molecule has 3 aromatic rings. The lowest BCUT2D eigenvalue weighted by Gasteiger charge is -2.20. The van der Waals surface area contributed by atoms with Gasteiger partial charge in [0.05, 0.1) is 5.69 Å². The molecule has 1 aromatic heterocycles. The standard InChI is InChI=1S/C20H19BrN2/c1-12(2)15-5-4-6-17-13(3)16-8-7-14(21)11-18(16)20-22-9-10-23(20)19(15)17/h4-13H,1-3H3. The van der Waals surface area contributed by atoms with Gasteiger partial charge in [-0.1, -0.05) is 61.0 Å². The molecule has 1 unspecified atom stereocenters. The highest BCUT2D eigenvalue weighted by Crippen LogP contribution is 2.43. The largest absolute Gasteiger partial charge is 0.299 e. The number of aromatic nitrogens is 2. The van der Waals surface area contributed by atoms with Crippen molar-refractivity contribution in [2.24, 2.45) is 0 Å². The lowest BCUT2D eigenvalue weighted by atomic mass is 9.87. The van der Waals surface area contributed by atoms with Crippen LogP contribution in [0.5, 0.6) is 0 Å². The molecule has 2 heterocycles. The molecule has 0 spiro atoms. The van der Waals surface area contributed by atoms with Gasteiger partial charge in [0, 0.05) is 28.3 Å². The Hall–Kier alpha value is -1.87. The van der Waals surface area contributed by atoms with E-state index in [-0.39, 0.29) is 0 Å². The Morgan fingerprint density at radius 1 is 1.13 bits per heavy atom. The van der Waals surface area contributed by atoms with E-state index in [4.69, 9.17) is 0 Å². The van der Waals surface area contributed by atoms with Crippen molar-refractivity contribution in [2.75, 3.05) is 0 Å². The molecule has 0 fully saturated rings. The van der Waals surface area contributed by atoms with Crippen molar-refractivity contribution >= 4 is 15.9 Å². The van der Waals surface area contributed by atoms with Crippen LogP contribution in [-0.4, -0.2) is 9.55 Å². The van der Waals surface area contributed by atoms with E-state index in [1.165, 1.54) is 27.9 Å². The quantitative estimate of drug-likeness (QED) is 0.524. The van der Waals surface area contributed by atoms with Crippen LogP contribution >= 0.6 is 15.9 Å². The second-order valence-electron chi connectivity index (χ2n) is 6.51. The Morgan fingerprint density at radius 2 is 1.96 bits per heavy atom. The fourth-order valence-electron chi connectivity index (χ4n) is 3.62. The van der Waals surface area contributed by atoms with Gasteiger partial charge in [0.15, 0.2) is 0 Å². The lowest BCUT2D eigenvalue weighted by Crippen LogP contribution is -2.05. The summed E-state index contributed by atoms with van der Waals surface area (Å²) in [7, 11) is 0. The van der Waals surface area contributed by atoms with Crippen molar-refractivity contribution in [1.82, 2.24) is 9.55 Å². The molecule has 23 heavy (non-hydrogen) atoms. The van der Waals surface area contributed by atoms with E-state index in [0.717, 1.165) is 10.3 Å².